The number of rotatable bonds is 4. The van der Waals surface area contributed by atoms with Gasteiger partial charge in [-0.3, -0.25) is 4.79 Å². The van der Waals surface area contributed by atoms with Crippen LogP contribution in [-0.4, -0.2) is 23.0 Å². The molecule has 0 amide bonds. The van der Waals surface area contributed by atoms with Gasteiger partial charge in [0, 0.05) is 5.02 Å². The second kappa shape index (κ2) is 7.36. The minimum absolute atomic E-state index is 0.116. The number of nitrogens with zero attached hydrogens (tertiary/aromatic N) is 1. The lowest BCUT2D eigenvalue weighted by Gasteiger charge is -2.18. The van der Waals surface area contributed by atoms with Gasteiger partial charge in [-0.15, -0.1) is 0 Å². The van der Waals surface area contributed by atoms with Crippen LogP contribution in [0.2, 0.25) is 5.02 Å². The van der Waals surface area contributed by atoms with Crippen LogP contribution in [0.15, 0.2) is 35.1 Å². The number of ether oxygens (including phenoxy) is 1. The van der Waals surface area contributed by atoms with Crippen LogP contribution in [0.5, 0.6) is 0 Å². The number of aromatic amines is 1. The molecule has 0 aliphatic rings. The Morgan fingerprint density at radius 1 is 1.33 bits per heavy atom. The second-order valence-corrected chi connectivity index (χ2v) is 6.50. The third-order valence-corrected chi connectivity index (χ3v) is 4.50. The average Bonchev–Trinajstić information content (AvgIpc) is 2.61. The quantitative estimate of drug-likeness (QED) is 0.659. The summed E-state index contributed by atoms with van der Waals surface area (Å²) >= 11 is 6.35. The van der Waals surface area contributed by atoms with Crippen LogP contribution < -0.4 is 10.9 Å². The SMILES string of the molecule is COC(=O)c1ccc(N[C@@H](C)c2cc3c(=O)[nH]c(C)nc3cc2Cl)c(F)c1. The molecule has 27 heavy (non-hydrogen) atoms. The summed E-state index contributed by atoms with van der Waals surface area (Å²) in [5.41, 5.74) is 1.16. The molecule has 0 spiro atoms. The number of hydrogen-bond acceptors (Lipinski definition) is 5. The van der Waals surface area contributed by atoms with Crippen LogP contribution in [0.25, 0.3) is 10.9 Å². The number of fused-ring (bicyclic) bond motifs is 1. The number of benzene rings is 2. The molecule has 8 heteroatoms. The summed E-state index contributed by atoms with van der Waals surface area (Å²) < 4.78 is 18.9. The van der Waals surface area contributed by atoms with Gasteiger partial charge in [0.15, 0.2) is 0 Å². The second-order valence-electron chi connectivity index (χ2n) is 6.09. The van der Waals surface area contributed by atoms with Crippen molar-refractivity contribution in [2.24, 2.45) is 0 Å². The van der Waals surface area contributed by atoms with E-state index in [2.05, 4.69) is 20.0 Å². The van der Waals surface area contributed by atoms with Gasteiger partial charge in [-0.25, -0.2) is 14.2 Å². The highest BCUT2D eigenvalue weighted by Gasteiger charge is 2.16. The molecule has 1 aromatic heterocycles. The molecule has 2 aromatic carbocycles. The minimum Gasteiger partial charge on any atom is -0.465 e. The van der Waals surface area contributed by atoms with E-state index in [1.54, 1.807) is 26.0 Å². The maximum absolute atomic E-state index is 14.3. The number of H-pyrrole nitrogens is 1. The maximum atomic E-state index is 14.3. The number of anilines is 1. The van der Waals surface area contributed by atoms with Crippen molar-refractivity contribution in [1.82, 2.24) is 9.97 Å². The third-order valence-electron chi connectivity index (χ3n) is 4.17. The van der Waals surface area contributed by atoms with Gasteiger partial charge >= 0.3 is 5.97 Å². The Hall–Kier alpha value is -2.93. The van der Waals surface area contributed by atoms with Gasteiger partial charge in [0.05, 0.1) is 35.3 Å². The maximum Gasteiger partial charge on any atom is 0.337 e. The van der Waals surface area contributed by atoms with Gasteiger partial charge in [-0.1, -0.05) is 11.6 Å². The highest BCUT2D eigenvalue weighted by molar-refractivity contribution is 6.32. The summed E-state index contributed by atoms with van der Waals surface area (Å²) in [6, 6.07) is 6.86. The Kier molecular flexibility index (Phi) is 5.14. The Balaban J connectivity index is 1.94. The molecule has 6 nitrogen and oxygen atoms in total. The number of halogens is 2. The molecule has 140 valence electrons. The van der Waals surface area contributed by atoms with Gasteiger partial charge < -0.3 is 15.0 Å². The first-order valence-electron chi connectivity index (χ1n) is 8.14. The van der Waals surface area contributed by atoms with Gasteiger partial charge in [0.2, 0.25) is 0 Å². The van der Waals surface area contributed by atoms with Crippen LogP contribution in [0.4, 0.5) is 10.1 Å². The fraction of sp³-hybridized carbons (Fsp3) is 0.211. The van der Waals surface area contributed by atoms with E-state index in [-0.39, 0.29) is 16.8 Å². The zero-order valence-corrected chi connectivity index (χ0v) is 15.6. The number of methoxy groups -OCH3 is 1. The topological polar surface area (TPSA) is 84.1 Å². The molecule has 1 heterocycles. The molecule has 0 fully saturated rings. The number of aryl methyl sites for hydroxylation is 1. The molecule has 2 N–H and O–H groups in total. The lowest BCUT2D eigenvalue weighted by Crippen LogP contribution is -2.13. The molecule has 0 radical (unpaired) electrons. The summed E-state index contributed by atoms with van der Waals surface area (Å²) in [6.45, 7) is 3.48. The summed E-state index contributed by atoms with van der Waals surface area (Å²) in [4.78, 5) is 30.6. The van der Waals surface area contributed by atoms with Crippen molar-refractivity contribution in [1.29, 1.82) is 0 Å². The summed E-state index contributed by atoms with van der Waals surface area (Å²) in [5.74, 6) is -0.722. The number of aromatic nitrogens is 2. The van der Waals surface area contributed by atoms with Crippen molar-refractivity contribution < 1.29 is 13.9 Å². The highest BCUT2D eigenvalue weighted by Crippen LogP contribution is 2.30. The Morgan fingerprint density at radius 2 is 2.07 bits per heavy atom. The van der Waals surface area contributed by atoms with E-state index in [4.69, 9.17) is 11.6 Å². The largest absolute Gasteiger partial charge is 0.465 e. The average molecular weight is 390 g/mol. The third kappa shape index (κ3) is 3.78. The standard InChI is InChI=1S/C19H17ClFN3O3/c1-9(22-16-5-4-11(6-15(16)21)19(26)27-3)12-7-13-17(8-14(12)20)23-10(2)24-18(13)25/h4-9,22H,1-3H3,(H,23,24,25)/t9-/m0/s1. The Bertz CT molecular complexity index is 1100. The first-order chi connectivity index (χ1) is 12.8. The molecule has 0 aliphatic carbocycles. The van der Waals surface area contributed by atoms with E-state index in [0.29, 0.717) is 27.3 Å². The summed E-state index contributed by atoms with van der Waals surface area (Å²) in [6.07, 6.45) is 0. The summed E-state index contributed by atoms with van der Waals surface area (Å²) in [7, 11) is 1.23. The zero-order chi connectivity index (χ0) is 19.7. The van der Waals surface area contributed by atoms with E-state index < -0.39 is 17.8 Å². The number of hydrogen-bond donors (Lipinski definition) is 2. The monoisotopic (exact) mass is 389 g/mol. The highest BCUT2D eigenvalue weighted by atomic mass is 35.5. The van der Waals surface area contributed by atoms with Crippen molar-refractivity contribution in [2.75, 3.05) is 12.4 Å². The van der Waals surface area contributed by atoms with E-state index in [0.717, 1.165) is 6.07 Å². The Morgan fingerprint density at radius 3 is 2.74 bits per heavy atom. The predicted molar refractivity (Wildman–Crippen MR) is 102 cm³/mol. The smallest absolute Gasteiger partial charge is 0.337 e. The molecule has 0 aliphatic heterocycles. The van der Waals surface area contributed by atoms with Crippen molar-refractivity contribution in [2.45, 2.75) is 19.9 Å². The number of carbonyl (C=O) groups is 1. The first kappa shape index (κ1) is 18.8. The van der Waals surface area contributed by atoms with Gasteiger partial charge in [-0.2, -0.15) is 0 Å². The zero-order valence-electron chi connectivity index (χ0n) is 14.9. The minimum atomic E-state index is -0.618. The predicted octanol–water partition coefficient (Wildman–Crippen LogP) is 3.98. The van der Waals surface area contributed by atoms with Gasteiger partial charge in [-0.05, 0) is 49.7 Å². The Labute approximate surface area is 159 Å². The van der Waals surface area contributed by atoms with Crippen LogP contribution in [0.3, 0.4) is 0 Å². The first-order valence-corrected chi connectivity index (χ1v) is 8.52. The van der Waals surface area contributed by atoms with E-state index in [9.17, 15) is 14.0 Å². The normalized spacial score (nSPS) is 12.0. The van der Waals surface area contributed by atoms with Crippen LogP contribution in [0, 0.1) is 12.7 Å². The van der Waals surface area contributed by atoms with E-state index in [1.807, 2.05) is 0 Å². The lowest BCUT2D eigenvalue weighted by atomic mass is 10.0. The summed E-state index contributed by atoms with van der Waals surface area (Å²) in [5, 5.41) is 3.81. The molecule has 3 rings (SSSR count). The molecule has 1 atom stereocenters. The van der Waals surface area contributed by atoms with Crippen molar-refractivity contribution in [3.63, 3.8) is 0 Å². The molecule has 0 saturated heterocycles. The number of nitrogens with one attached hydrogen (secondary N) is 2. The van der Waals surface area contributed by atoms with Gasteiger partial charge in [0.1, 0.15) is 11.6 Å². The fourth-order valence-electron chi connectivity index (χ4n) is 2.81. The van der Waals surface area contributed by atoms with Crippen molar-refractivity contribution in [3.05, 3.63) is 68.5 Å². The molecule has 3 aromatic rings. The molecular weight excluding hydrogens is 373 g/mol. The van der Waals surface area contributed by atoms with Crippen molar-refractivity contribution >= 4 is 34.2 Å². The van der Waals surface area contributed by atoms with E-state index in [1.165, 1.54) is 19.2 Å². The van der Waals surface area contributed by atoms with Crippen LogP contribution in [-0.2, 0) is 4.74 Å². The van der Waals surface area contributed by atoms with Crippen LogP contribution in [0.1, 0.15) is 34.7 Å². The van der Waals surface area contributed by atoms with Crippen LogP contribution >= 0.6 is 11.6 Å². The van der Waals surface area contributed by atoms with Gasteiger partial charge in [0.25, 0.3) is 5.56 Å². The molecular formula is C19H17ClFN3O3. The number of carbonyl (C=O) groups excluding carboxylic acids is 1. The fourth-order valence-corrected chi connectivity index (χ4v) is 3.14. The van der Waals surface area contributed by atoms with E-state index >= 15 is 0 Å². The lowest BCUT2D eigenvalue weighted by molar-refractivity contribution is 0.0600. The molecule has 0 unspecified atom stereocenters. The molecule has 0 saturated carbocycles. The van der Waals surface area contributed by atoms with Crippen molar-refractivity contribution in [3.8, 4) is 0 Å². The number of esters is 1. The molecule has 0 bridgehead atoms.